The van der Waals surface area contributed by atoms with Gasteiger partial charge in [-0.1, -0.05) is 49.0 Å². The lowest BCUT2D eigenvalue weighted by Gasteiger charge is -2.11. The first kappa shape index (κ1) is 17.4. The smallest absolute Gasteiger partial charge is 0.277 e. The van der Waals surface area contributed by atoms with Gasteiger partial charge in [0.25, 0.3) is 5.22 Å². The first-order valence-corrected chi connectivity index (χ1v) is 8.90. The molecule has 0 aliphatic heterocycles. The number of rotatable bonds is 7. The third-order valence-electron chi connectivity index (χ3n) is 3.82. The van der Waals surface area contributed by atoms with E-state index in [0.717, 1.165) is 12.0 Å². The maximum atomic E-state index is 5.84. The highest BCUT2D eigenvalue weighted by Gasteiger charge is 2.17. The summed E-state index contributed by atoms with van der Waals surface area (Å²) in [5, 5.41) is 9.18. The summed E-state index contributed by atoms with van der Waals surface area (Å²) in [6, 6.07) is 15.9. The summed E-state index contributed by atoms with van der Waals surface area (Å²) in [6.07, 6.45) is 0.975. The number of thioether (sulfide) groups is 1. The molecule has 1 aromatic heterocycles. The molecule has 0 radical (unpaired) electrons. The van der Waals surface area contributed by atoms with Gasteiger partial charge in [0.1, 0.15) is 0 Å². The number of hydrogen-bond donors (Lipinski definition) is 0. The largest absolute Gasteiger partial charge is 0.493 e. The number of benzene rings is 2. The molecule has 0 saturated heterocycles. The summed E-state index contributed by atoms with van der Waals surface area (Å²) in [6.45, 7) is 2.15. The van der Waals surface area contributed by atoms with Gasteiger partial charge in [0.2, 0.25) is 5.89 Å². The second kappa shape index (κ2) is 8.07. The third kappa shape index (κ3) is 3.96. The summed E-state index contributed by atoms with van der Waals surface area (Å²) in [5.41, 5.74) is 2.05. The Morgan fingerprint density at radius 3 is 2.44 bits per heavy atom. The van der Waals surface area contributed by atoms with Crippen molar-refractivity contribution in [2.75, 3.05) is 14.2 Å². The van der Waals surface area contributed by atoms with Crippen LogP contribution in [0.15, 0.2) is 58.2 Å². The Hall–Kier alpha value is -2.47. The molecule has 0 bridgehead atoms. The van der Waals surface area contributed by atoms with Gasteiger partial charge in [-0.2, -0.15) is 0 Å². The van der Waals surface area contributed by atoms with Crippen molar-refractivity contribution in [3.8, 4) is 23.0 Å². The lowest BCUT2D eigenvalue weighted by atomic mass is 10.1. The molecule has 0 aliphatic carbocycles. The monoisotopic (exact) mass is 356 g/mol. The maximum absolute atomic E-state index is 5.84. The van der Waals surface area contributed by atoms with Crippen LogP contribution in [0, 0.1) is 0 Å². The Morgan fingerprint density at radius 2 is 1.76 bits per heavy atom. The second-order valence-corrected chi connectivity index (χ2v) is 6.52. The van der Waals surface area contributed by atoms with Crippen molar-refractivity contribution in [2.24, 2.45) is 0 Å². The van der Waals surface area contributed by atoms with Gasteiger partial charge >= 0.3 is 0 Å². The van der Waals surface area contributed by atoms with Gasteiger partial charge in [-0.05, 0) is 30.2 Å². The maximum Gasteiger partial charge on any atom is 0.277 e. The van der Waals surface area contributed by atoms with E-state index in [-0.39, 0.29) is 5.25 Å². The van der Waals surface area contributed by atoms with Gasteiger partial charge in [0.05, 0.1) is 14.2 Å². The molecule has 5 nitrogen and oxygen atoms in total. The second-order valence-electron chi connectivity index (χ2n) is 5.37. The van der Waals surface area contributed by atoms with Crippen LogP contribution in [0.25, 0.3) is 11.5 Å². The zero-order valence-electron chi connectivity index (χ0n) is 14.4. The Balaban J connectivity index is 1.80. The van der Waals surface area contributed by atoms with Crippen LogP contribution in [0.1, 0.15) is 24.2 Å². The minimum absolute atomic E-state index is 0.278. The van der Waals surface area contributed by atoms with E-state index in [1.807, 2.05) is 36.4 Å². The van der Waals surface area contributed by atoms with E-state index in [9.17, 15) is 0 Å². The number of nitrogens with zero attached hydrogens (tertiary/aromatic N) is 2. The van der Waals surface area contributed by atoms with Crippen LogP contribution >= 0.6 is 11.8 Å². The van der Waals surface area contributed by atoms with Gasteiger partial charge in [-0.3, -0.25) is 0 Å². The molecular formula is C19H20N2O3S. The fraction of sp³-hybridized carbons (Fsp3) is 0.263. The van der Waals surface area contributed by atoms with E-state index in [1.165, 1.54) is 5.56 Å². The first-order chi connectivity index (χ1) is 12.2. The lowest BCUT2D eigenvalue weighted by Crippen LogP contribution is -1.91. The van der Waals surface area contributed by atoms with Crippen LogP contribution in [0.5, 0.6) is 11.5 Å². The number of aromatic nitrogens is 2. The average molecular weight is 356 g/mol. The van der Waals surface area contributed by atoms with E-state index in [1.54, 1.807) is 26.0 Å². The summed E-state index contributed by atoms with van der Waals surface area (Å²) in [7, 11) is 3.20. The van der Waals surface area contributed by atoms with Crippen LogP contribution in [0.3, 0.4) is 0 Å². The molecule has 1 heterocycles. The third-order valence-corrected chi connectivity index (χ3v) is 5.08. The molecule has 1 atom stereocenters. The molecule has 1 unspecified atom stereocenters. The Morgan fingerprint density at radius 1 is 1.00 bits per heavy atom. The molecule has 0 N–H and O–H groups in total. The van der Waals surface area contributed by atoms with Crippen molar-refractivity contribution in [1.82, 2.24) is 10.2 Å². The summed E-state index contributed by atoms with van der Waals surface area (Å²) in [5.74, 6) is 1.75. The summed E-state index contributed by atoms with van der Waals surface area (Å²) in [4.78, 5) is 0. The van der Waals surface area contributed by atoms with Gasteiger partial charge in [-0.25, -0.2) is 0 Å². The fourth-order valence-electron chi connectivity index (χ4n) is 2.52. The van der Waals surface area contributed by atoms with E-state index in [4.69, 9.17) is 13.9 Å². The molecule has 3 rings (SSSR count). The van der Waals surface area contributed by atoms with Crippen molar-refractivity contribution in [2.45, 2.75) is 23.8 Å². The molecule has 0 amide bonds. The van der Waals surface area contributed by atoms with Crippen LogP contribution in [-0.4, -0.2) is 24.4 Å². The fourth-order valence-corrected chi connectivity index (χ4v) is 3.44. The predicted octanol–water partition coefficient (Wildman–Crippen LogP) is 5.00. The first-order valence-electron chi connectivity index (χ1n) is 8.02. The minimum Gasteiger partial charge on any atom is -0.493 e. The Labute approximate surface area is 151 Å². The molecule has 0 spiro atoms. The number of ether oxygens (including phenoxy) is 2. The zero-order valence-corrected chi connectivity index (χ0v) is 15.2. The standard InChI is InChI=1S/C19H20N2O3S/c1-4-17(13-8-6-5-7-9-13)25-19-21-20-18(24-19)14-10-11-15(22-2)16(12-14)23-3/h5-12,17H,4H2,1-3H3. The Kier molecular flexibility index (Phi) is 5.60. The van der Waals surface area contributed by atoms with E-state index >= 15 is 0 Å². The Bertz CT molecular complexity index is 821. The number of methoxy groups -OCH3 is 2. The highest BCUT2D eigenvalue weighted by atomic mass is 32.2. The minimum atomic E-state index is 0.278. The summed E-state index contributed by atoms with van der Waals surface area (Å²) < 4.78 is 16.4. The molecular weight excluding hydrogens is 336 g/mol. The molecule has 25 heavy (non-hydrogen) atoms. The van der Waals surface area contributed by atoms with Crippen molar-refractivity contribution >= 4 is 11.8 Å². The normalized spacial score (nSPS) is 12.0. The van der Waals surface area contributed by atoms with E-state index < -0.39 is 0 Å². The molecule has 3 aromatic rings. The average Bonchev–Trinajstić information content (AvgIpc) is 3.14. The van der Waals surface area contributed by atoms with Crippen LogP contribution in [0.4, 0.5) is 0 Å². The molecule has 2 aromatic carbocycles. The summed E-state index contributed by atoms with van der Waals surface area (Å²) >= 11 is 1.58. The van der Waals surface area contributed by atoms with Crippen LogP contribution in [0.2, 0.25) is 0 Å². The molecule has 130 valence electrons. The SMILES string of the molecule is CCC(Sc1nnc(-c2ccc(OC)c(OC)c2)o1)c1ccccc1. The van der Waals surface area contributed by atoms with E-state index in [0.29, 0.717) is 22.6 Å². The quantitative estimate of drug-likeness (QED) is 0.555. The van der Waals surface area contributed by atoms with Crippen molar-refractivity contribution in [3.05, 3.63) is 54.1 Å². The molecule has 6 heteroatoms. The lowest BCUT2D eigenvalue weighted by molar-refractivity contribution is 0.355. The van der Waals surface area contributed by atoms with Crippen molar-refractivity contribution < 1.29 is 13.9 Å². The van der Waals surface area contributed by atoms with Gasteiger partial charge in [0.15, 0.2) is 11.5 Å². The van der Waals surface area contributed by atoms with Gasteiger partial charge in [-0.15, -0.1) is 10.2 Å². The predicted molar refractivity (Wildman–Crippen MR) is 98.2 cm³/mol. The van der Waals surface area contributed by atoms with Crippen LogP contribution in [-0.2, 0) is 0 Å². The highest BCUT2D eigenvalue weighted by molar-refractivity contribution is 7.99. The molecule has 0 saturated carbocycles. The molecule has 0 aliphatic rings. The van der Waals surface area contributed by atoms with Gasteiger partial charge in [0, 0.05) is 10.8 Å². The zero-order chi connectivity index (χ0) is 17.6. The van der Waals surface area contributed by atoms with Gasteiger partial charge < -0.3 is 13.9 Å². The van der Waals surface area contributed by atoms with Crippen molar-refractivity contribution in [3.63, 3.8) is 0 Å². The number of hydrogen-bond acceptors (Lipinski definition) is 6. The van der Waals surface area contributed by atoms with E-state index in [2.05, 4.69) is 29.3 Å². The highest BCUT2D eigenvalue weighted by Crippen LogP contribution is 2.38. The van der Waals surface area contributed by atoms with Crippen molar-refractivity contribution in [1.29, 1.82) is 0 Å². The topological polar surface area (TPSA) is 57.4 Å². The molecule has 0 fully saturated rings. The van der Waals surface area contributed by atoms with Crippen LogP contribution < -0.4 is 9.47 Å².